The van der Waals surface area contributed by atoms with Gasteiger partial charge in [0.15, 0.2) is 5.11 Å². The number of para-hydroxylation sites is 1. The average molecular weight is 460 g/mol. The van der Waals surface area contributed by atoms with Gasteiger partial charge in [-0.25, -0.2) is 0 Å². The number of hydrogen-bond donors (Lipinski definition) is 3. The molecule has 0 fully saturated rings. The predicted octanol–water partition coefficient (Wildman–Crippen LogP) is 5.98. The number of carbonyl (C=O) groups is 2. The summed E-state index contributed by atoms with van der Waals surface area (Å²) in [5.41, 5.74) is 5.55. The lowest BCUT2D eigenvalue weighted by atomic mass is 9.87. The SMILES string of the molecule is Cc1ccc(NC(=O)c2ccccc2NC(=S)NC(=O)c2ccc(C(C)(C)C)cc2)cc1C. The summed E-state index contributed by atoms with van der Waals surface area (Å²) >= 11 is 5.33. The maximum absolute atomic E-state index is 12.9. The molecule has 170 valence electrons. The fraction of sp³-hybridized carbons (Fsp3) is 0.222. The van der Waals surface area contributed by atoms with Crippen molar-refractivity contribution >= 4 is 40.5 Å². The Morgan fingerprint density at radius 3 is 2.09 bits per heavy atom. The molecule has 0 aliphatic heterocycles. The number of carbonyl (C=O) groups excluding carboxylic acids is 2. The van der Waals surface area contributed by atoms with E-state index in [2.05, 4.69) is 36.7 Å². The van der Waals surface area contributed by atoms with E-state index >= 15 is 0 Å². The smallest absolute Gasteiger partial charge is 0.257 e. The molecule has 0 aliphatic carbocycles. The first-order valence-corrected chi connectivity index (χ1v) is 11.2. The van der Waals surface area contributed by atoms with E-state index in [9.17, 15) is 9.59 Å². The van der Waals surface area contributed by atoms with Gasteiger partial charge in [-0.15, -0.1) is 0 Å². The number of anilines is 2. The van der Waals surface area contributed by atoms with Crippen LogP contribution >= 0.6 is 12.2 Å². The largest absolute Gasteiger partial charge is 0.332 e. The number of amides is 2. The first-order chi connectivity index (χ1) is 15.5. The van der Waals surface area contributed by atoms with Crippen molar-refractivity contribution in [2.45, 2.75) is 40.0 Å². The third-order valence-electron chi connectivity index (χ3n) is 5.42. The van der Waals surface area contributed by atoms with Crippen LogP contribution in [0.15, 0.2) is 66.7 Å². The fourth-order valence-corrected chi connectivity index (χ4v) is 3.46. The molecular weight excluding hydrogens is 430 g/mol. The zero-order chi connectivity index (χ0) is 24.2. The van der Waals surface area contributed by atoms with E-state index in [1.165, 1.54) is 0 Å². The van der Waals surface area contributed by atoms with Crippen molar-refractivity contribution in [2.24, 2.45) is 0 Å². The van der Waals surface area contributed by atoms with Crippen LogP contribution in [0.3, 0.4) is 0 Å². The molecule has 5 nitrogen and oxygen atoms in total. The van der Waals surface area contributed by atoms with Gasteiger partial charge < -0.3 is 10.6 Å². The van der Waals surface area contributed by atoms with E-state index in [1.54, 1.807) is 36.4 Å². The van der Waals surface area contributed by atoms with Crippen molar-refractivity contribution in [3.05, 3.63) is 94.5 Å². The average Bonchev–Trinajstić information content (AvgIpc) is 2.76. The van der Waals surface area contributed by atoms with Crippen molar-refractivity contribution in [2.75, 3.05) is 10.6 Å². The van der Waals surface area contributed by atoms with Gasteiger partial charge in [0.25, 0.3) is 11.8 Å². The lowest BCUT2D eigenvalue weighted by Crippen LogP contribution is -2.34. The Balaban J connectivity index is 1.68. The zero-order valence-corrected chi connectivity index (χ0v) is 20.4. The molecule has 0 saturated heterocycles. The summed E-state index contributed by atoms with van der Waals surface area (Å²) in [4.78, 5) is 25.5. The number of benzene rings is 3. The van der Waals surface area contributed by atoms with E-state index in [4.69, 9.17) is 12.2 Å². The summed E-state index contributed by atoms with van der Waals surface area (Å²) in [5, 5.41) is 8.69. The quantitative estimate of drug-likeness (QED) is 0.420. The molecule has 2 amide bonds. The number of thiocarbonyl (C=S) groups is 1. The molecule has 6 heteroatoms. The van der Waals surface area contributed by atoms with E-state index in [-0.39, 0.29) is 22.3 Å². The monoisotopic (exact) mass is 459 g/mol. The second-order valence-corrected chi connectivity index (χ2v) is 9.44. The van der Waals surface area contributed by atoms with Crippen LogP contribution < -0.4 is 16.0 Å². The van der Waals surface area contributed by atoms with Crippen LogP contribution in [-0.4, -0.2) is 16.9 Å². The molecule has 0 unspecified atom stereocenters. The highest BCUT2D eigenvalue weighted by atomic mass is 32.1. The van der Waals surface area contributed by atoms with E-state index < -0.39 is 0 Å². The standard InChI is InChI=1S/C27H29N3O2S/c1-17-10-15-21(16-18(17)2)28-25(32)22-8-6-7-9-23(22)29-26(33)30-24(31)19-11-13-20(14-12-19)27(3,4)5/h6-16H,1-5H3,(H,28,32)(H2,29,30,31,33). The van der Waals surface area contributed by atoms with Gasteiger partial charge >= 0.3 is 0 Å². The van der Waals surface area contributed by atoms with Crippen LogP contribution in [0.4, 0.5) is 11.4 Å². The Labute approximate surface area is 200 Å². The molecule has 0 bridgehead atoms. The van der Waals surface area contributed by atoms with Crippen LogP contribution in [0.25, 0.3) is 0 Å². The molecule has 3 aromatic carbocycles. The molecule has 3 rings (SSSR count). The molecule has 3 N–H and O–H groups in total. The van der Waals surface area contributed by atoms with E-state index in [1.807, 2.05) is 44.2 Å². The Hall–Kier alpha value is -3.51. The number of nitrogens with one attached hydrogen (secondary N) is 3. The second kappa shape index (κ2) is 9.96. The highest BCUT2D eigenvalue weighted by Crippen LogP contribution is 2.22. The summed E-state index contributed by atoms with van der Waals surface area (Å²) in [6.45, 7) is 10.4. The van der Waals surface area contributed by atoms with Crippen molar-refractivity contribution in [1.29, 1.82) is 0 Å². The number of aryl methyl sites for hydroxylation is 2. The first kappa shape index (κ1) is 24.1. The van der Waals surface area contributed by atoms with Crippen molar-refractivity contribution in [3.8, 4) is 0 Å². The summed E-state index contributed by atoms with van der Waals surface area (Å²) in [6, 6.07) is 20.2. The number of rotatable bonds is 4. The van der Waals surface area contributed by atoms with Crippen molar-refractivity contribution in [3.63, 3.8) is 0 Å². The Bertz CT molecular complexity index is 1190. The third kappa shape index (κ3) is 6.26. The van der Waals surface area contributed by atoms with Gasteiger partial charge in [-0.05, 0) is 84.6 Å². The minimum Gasteiger partial charge on any atom is -0.332 e. The number of hydrogen-bond acceptors (Lipinski definition) is 3. The van der Waals surface area contributed by atoms with Crippen LogP contribution in [0.1, 0.15) is 58.2 Å². The molecule has 0 saturated carbocycles. The molecule has 0 aliphatic rings. The topological polar surface area (TPSA) is 70.2 Å². The second-order valence-electron chi connectivity index (χ2n) is 9.03. The lowest BCUT2D eigenvalue weighted by molar-refractivity contribution is 0.0976. The van der Waals surface area contributed by atoms with Gasteiger partial charge in [0.2, 0.25) is 0 Å². The van der Waals surface area contributed by atoms with Crippen LogP contribution in [0.5, 0.6) is 0 Å². The highest BCUT2D eigenvalue weighted by Gasteiger charge is 2.16. The van der Waals surface area contributed by atoms with Gasteiger partial charge in [0, 0.05) is 11.3 Å². The molecule has 3 aromatic rings. The van der Waals surface area contributed by atoms with E-state index in [0.717, 1.165) is 16.7 Å². The fourth-order valence-electron chi connectivity index (χ4n) is 3.26. The summed E-state index contributed by atoms with van der Waals surface area (Å²) in [7, 11) is 0. The van der Waals surface area contributed by atoms with Gasteiger partial charge in [-0.3, -0.25) is 14.9 Å². The Morgan fingerprint density at radius 2 is 1.45 bits per heavy atom. The van der Waals surface area contributed by atoms with Crippen LogP contribution in [0.2, 0.25) is 0 Å². The maximum atomic E-state index is 12.9. The van der Waals surface area contributed by atoms with Gasteiger partial charge in [0.05, 0.1) is 11.3 Å². The van der Waals surface area contributed by atoms with E-state index in [0.29, 0.717) is 22.5 Å². The minimum atomic E-state index is -0.315. The van der Waals surface area contributed by atoms with Crippen LogP contribution in [0, 0.1) is 13.8 Å². The van der Waals surface area contributed by atoms with Gasteiger partial charge in [0.1, 0.15) is 0 Å². The summed E-state index contributed by atoms with van der Waals surface area (Å²) in [5.74, 6) is -0.585. The van der Waals surface area contributed by atoms with Crippen molar-refractivity contribution in [1.82, 2.24) is 5.32 Å². The lowest BCUT2D eigenvalue weighted by Gasteiger charge is -2.19. The first-order valence-electron chi connectivity index (χ1n) is 10.7. The zero-order valence-electron chi connectivity index (χ0n) is 19.6. The predicted molar refractivity (Wildman–Crippen MR) is 139 cm³/mol. The molecular formula is C27H29N3O2S. The van der Waals surface area contributed by atoms with Crippen LogP contribution in [-0.2, 0) is 5.41 Å². The Kier molecular flexibility index (Phi) is 7.29. The normalized spacial score (nSPS) is 10.9. The molecule has 0 spiro atoms. The molecule has 0 aromatic heterocycles. The minimum absolute atomic E-state index is 0.00736. The third-order valence-corrected chi connectivity index (χ3v) is 5.63. The molecule has 33 heavy (non-hydrogen) atoms. The molecule has 0 heterocycles. The maximum Gasteiger partial charge on any atom is 0.257 e. The van der Waals surface area contributed by atoms with Gasteiger partial charge in [-0.1, -0.05) is 51.1 Å². The van der Waals surface area contributed by atoms with Crippen molar-refractivity contribution < 1.29 is 9.59 Å². The molecule has 0 radical (unpaired) electrons. The summed E-state index contributed by atoms with van der Waals surface area (Å²) < 4.78 is 0. The molecule has 0 atom stereocenters. The Morgan fingerprint density at radius 1 is 0.788 bits per heavy atom. The highest BCUT2D eigenvalue weighted by molar-refractivity contribution is 7.80. The van der Waals surface area contributed by atoms with Gasteiger partial charge in [-0.2, -0.15) is 0 Å². The summed E-state index contributed by atoms with van der Waals surface area (Å²) in [6.07, 6.45) is 0.